The van der Waals surface area contributed by atoms with Crippen LogP contribution in [0.5, 0.6) is 0 Å². The fourth-order valence-electron chi connectivity index (χ4n) is 2.20. The average Bonchev–Trinajstić information content (AvgIpc) is 2.85. The highest BCUT2D eigenvalue weighted by Gasteiger charge is 2.36. The summed E-state index contributed by atoms with van der Waals surface area (Å²) in [7, 11) is 1.37. The van der Waals surface area contributed by atoms with Crippen LogP contribution < -0.4 is 10.2 Å². The summed E-state index contributed by atoms with van der Waals surface area (Å²) < 4.78 is 53.4. The molecule has 1 atom stereocenters. The zero-order valence-corrected chi connectivity index (χ0v) is 10.0. The molecule has 0 radical (unpaired) electrons. The van der Waals surface area contributed by atoms with Gasteiger partial charge in [0.05, 0.1) is 0 Å². The van der Waals surface area contributed by atoms with Gasteiger partial charge in [-0.1, -0.05) is 0 Å². The van der Waals surface area contributed by atoms with Crippen molar-refractivity contribution in [2.45, 2.75) is 18.9 Å². The molecule has 8 heteroatoms. The molecule has 0 bridgehead atoms. The maximum Gasteiger partial charge on any atom is 0.253 e. The fraction of sp³-hybridized carbons (Fsp3) is 0.455. The average molecular weight is 277 g/mol. The molecule has 1 unspecified atom stereocenters. The molecule has 1 fully saturated rings. The van der Waals surface area contributed by atoms with E-state index in [2.05, 4.69) is 10.3 Å². The van der Waals surface area contributed by atoms with Crippen LogP contribution in [0.4, 0.5) is 23.2 Å². The zero-order valence-electron chi connectivity index (χ0n) is 10.0. The topological polar surface area (TPSA) is 45.2 Å². The van der Waals surface area contributed by atoms with Crippen molar-refractivity contribution in [3.8, 4) is 0 Å². The van der Waals surface area contributed by atoms with Crippen molar-refractivity contribution in [1.29, 1.82) is 0 Å². The molecular weight excluding hydrogens is 266 g/mol. The summed E-state index contributed by atoms with van der Waals surface area (Å²) in [6.45, 7) is 0.134. The molecule has 0 spiro atoms. The van der Waals surface area contributed by atoms with Crippen molar-refractivity contribution in [3.05, 3.63) is 23.5 Å². The monoisotopic (exact) mass is 277 g/mol. The largest absolute Gasteiger partial charge is 0.357 e. The van der Waals surface area contributed by atoms with E-state index in [4.69, 9.17) is 0 Å². The molecule has 1 saturated heterocycles. The van der Waals surface area contributed by atoms with Gasteiger partial charge in [-0.15, -0.1) is 0 Å². The number of carbonyl (C=O) groups excluding carboxylic acids is 1. The van der Waals surface area contributed by atoms with Crippen LogP contribution in [0.1, 0.15) is 12.8 Å². The van der Waals surface area contributed by atoms with Crippen molar-refractivity contribution < 1.29 is 22.4 Å². The third kappa shape index (κ3) is 2.22. The third-order valence-electron chi connectivity index (χ3n) is 3.06. The molecule has 0 aromatic carbocycles. The molecule has 0 saturated carbocycles. The summed E-state index contributed by atoms with van der Waals surface area (Å²) in [5.74, 6) is -7.09. The smallest absolute Gasteiger partial charge is 0.253 e. The van der Waals surface area contributed by atoms with E-state index < -0.39 is 41.2 Å². The summed E-state index contributed by atoms with van der Waals surface area (Å²) in [6, 6.07) is -0.852. The van der Waals surface area contributed by atoms with Crippen molar-refractivity contribution in [2.24, 2.45) is 0 Å². The van der Waals surface area contributed by atoms with Crippen LogP contribution in [0.3, 0.4) is 0 Å². The molecule has 0 aliphatic carbocycles. The predicted octanol–water partition coefficient (Wildman–Crippen LogP) is 1.35. The first-order chi connectivity index (χ1) is 8.97. The molecule has 1 aromatic heterocycles. The number of carbonyl (C=O) groups is 1. The minimum absolute atomic E-state index is 0.134. The maximum absolute atomic E-state index is 13.6. The molecule has 1 amide bonds. The molecule has 1 aromatic rings. The van der Waals surface area contributed by atoms with E-state index in [-0.39, 0.29) is 6.54 Å². The van der Waals surface area contributed by atoms with Gasteiger partial charge in [0.2, 0.25) is 17.5 Å². The van der Waals surface area contributed by atoms with Gasteiger partial charge in [-0.3, -0.25) is 4.79 Å². The number of halogens is 4. The number of aromatic nitrogens is 1. The Kier molecular flexibility index (Phi) is 3.59. The van der Waals surface area contributed by atoms with Gasteiger partial charge >= 0.3 is 0 Å². The molecule has 1 N–H and O–H groups in total. The minimum atomic E-state index is -1.73. The Balaban J connectivity index is 2.49. The van der Waals surface area contributed by atoms with Crippen LogP contribution in [0, 0.1) is 23.5 Å². The molecule has 104 valence electrons. The van der Waals surface area contributed by atoms with Crippen molar-refractivity contribution in [2.75, 3.05) is 18.5 Å². The van der Waals surface area contributed by atoms with Gasteiger partial charge in [0, 0.05) is 13.6 Å². The Labute approximate surface area is 106 Å². The van der Waals surface area contributed by atoms with E-state index in [0.29, 0.717) is 12.8 Å². The Bertz CT molecular complexity index is 497. The Morgan fingerprint density at radius 1 is 1.26 bits per heavy atom. The fourth-order valence-corrected chi connectivity index (χ4v) is 2.20. The first-order valence-electron chi connectivity index (χ1n) is 5.65. The number of nitrogens with one attached hydrogen (secondary N) is 1. The van der Waals surface area contributed by atoms with E-state index in [1.165, 1.54) is 7.05 Å². The highest BCUT2D eigenvalue weighted by molar-refractivity contribution is 5.85. The van der Waals surface area contributed by atoms with Crippen LogP contribution in [0.2, 0.25) is 0 Å². The summed E-state index contributed by atoms with van der Waals surface area (Å²) in [5.41, 5.74) is -0.879. The van der Waals surface area contributed by atoms with Gasteiger partial charge in [0.1, 0.15) is 11.7 Å². The SMILES string of the molecule is CNC(=O)C1CCCN1c1c(F)c(F)nc(F)c1F. The number of rotatable bonds is 2. The summed E-state index contributed by atoms with van der Waals surface area (Å²) in [6.07, 6.45) is 0.840. The maximum atomic E-state index is 13.6. The van der Waals surface area contributed by atoms with Crippen molar-refractivity contribution in [1.82, 2.24) is 10.3 Å². The molecule has 1 aliphatic heterocycles. The second-order valence-electron chi connectivity index (χ2n) is 4.14. The lowest BCUT2D eigenvalue weighted by Crippen LogP contribution is -2.43. The molecule has 4 nitrogen and oxygen atoms in total. The Hall–Kier alpha value is -1.86. The predicted molar refractivity (Wildman–Crippen MR) is 58.5 cm³/mol. The first kappa shape index (κ1) is 13.6. The summed E-state index contributed by atoms with van der Waals surface area (Å²) >= 11 is 0. The van der Waals surface area contributed by atoms with Gasteiger partial charge < -0.3 is 10.2 Å². The zero-order chi connectivity index (χ0) is 14.2. The van der Waals surface area contributed by atoms with Crippen LogP contribution in [-0.2, 0) is 4.79 Å². The van der Waals surface area contributed by atoms with E-state index >= 15 is 0 Å². The van der Waals surface area contributed by atoms with Gasteiger partial charge in [-0.05, 0) is 12.8 Å². The van der Waals surface area contributed by atoms with Gasteiger partial charge in [0.25, 0.3) is 11.9 Å². The number of nitrogens with zero attached hydrogens (tertiary/aromatic N) is 2. The van der Waals surface area contributed by atoms with Crippen LogP contribution in [0.15, 0.2) is 0 Å². The lowest BCUT2D eigenvalue weighted by atomic mass is 10.2. The number of likely N-dealkylation sites (N-methyl/N-ethyl adjacent to an activating group) is 1. The van der Waals surface area contributed by atoms with Crippen LogP contribution in [0.25, 0.3) is 0 Å². The Morgan fingerprint density at radius 3 is 2.37 bits per heavy atom. The molecule has 1 aliphatic rings. The van der Waals surface area contributed by atoms with Gasteiger partial charge in [0.15, 0.2) is 0 Å². The minimum Gasteiger partial charge on any atom is -0.357 e. The lowest BCUT2D eigenvalue weighted by molar-refractivity contribution is -0.121. The first-order valence-corrected chi connectivity index (χ1v) is 5.65. The number of hydrogen-bond acceptors (Lipinski definition) is 3. The Morgan fingerprint density at radius 2 is 1.84 bits per heavy atom. The molecule has 2 rings (SSSR count). The third-order valence-corrected chi connectivity index (χ3v) is 3.06. The standard InChI is InChI=1S/C11H11F4N3O/c1-16-11(19)5-3-2-4-18(5)8-6(12)9(14)17-10(15)7(8)13/h5H,2-4H2,1H3,(H,16,19). The van der Waals surface area contributed by atoms with Crippen molar-refractivity contribution >= 4 is 11.6 Å². The van der Waals surface area contributed by atoms with Crippen LogP contribution in [-0.4, -0.2) is 30.5 Å². The summed E-state index contributed by atoms with van der Waals surface area (Å²) in [4.78, 5) is 15.1. The molecular formula is C11H11F4N3O. The number of amides is 1. The van der Waals surface area contributed by atoms with E-state index in [9.17, 15) is 22.4 Å². The van der Waals surface area contributed by atoms with Crippen LogP contribution >= 0.6 is 0 Å². The van der Waals surface area contributed by atoms with E-state index in [1.807, 2.05) is 0 Å². The van der Waals surface area contributed by atoms with E-state index in [1.54, 1.807) is 0 Å². The summed E-state index contributed by atoms with van der Waals surface area (Å²) in [5, 5.41) is 2.35. The van der Waals surface area contributed by atoms with Crippen molar-refractivity contribution in [3.63, 3.8) is 0 Å². The lowest BCUT2D eigenvalue weighted by Gasteiger charge is -2.26. The second-order valence-corrected chi connectivity index (χ2v) is 4.14. The molecule has 2 heterocycles. The number of pyridine rings is 1. The van der Waals surface area contributed by atoms with Gasteiger partial charge in [-0.25, -0.2) is 0 Å². The second kappa shape index (κ2) is 5.02. The van der Waals surface area contributed by atoms with E-state index in [0.717, 1.165) is 4.90 Å². The number of hydrogen-bond donors (Lipinski definition) is 1. The molecule has 19 heavy (non-hydrogen) atoms. The highest BCUT2D eigenvalue weighted by Crippen LogP contribution is 2.32. The normalized spacial score (nSPS) is 18.8. The van der Waals surface area contributed by atoms with Gasteiger partial charge in [-0.2, -0.15) is 22.5 Å². The number of anilines is 1. The quantitative estimate of drug-likeness (QED) is 0.655. The highest BCUT2D eigenvalue weighted by atomic mass is 19.2.